The molecule has 0 radical (unpaired) electrons. The minimum atomic E-state index is -4.10. The van der Waals surface area contributed by atoms with Crippen LogP contribution in [0.15, 0.2) is 23.1 Å². The molecule has 116 valence electrons. The molecule has 1 rings (SSSR count). The average Bonchev–Trinajstić information content (AvgIpc) is 2.44. The zero-order chi connectivity index (χ0) is 16.2. The van der Waals surface area contributed by atoms with Gasteiger partial charge in [0.2, 0.25) is 10.0 Å². The Morgan fingerprint density at radius 1 is 1.29 bits per heavy atom. The number of carboxylic acids is 1. The second kappa shape index (κ2) is 6.55. The van der Waals surface area contributed by atoms with Gasteiger partial charge in [-0.05, 0) is 25.1 Å². The van der Waals surface area contributed by atoms with Crippen LogP contribution in [0, 0.1) is 0 Å². The molecule has 8 nitrogen and oxygen atoms in total. The van der Waals surface area contributed by atoms with E-state index in [2.05, 4.69) is 4.74 Å². The summed E-state index contributed by atoms with van der Waals surface area (Å²) in [6.45, 7) is 1.19. The molecule has 0 heterocycles. The van der Waals surface area contributed by atoms with Gasteiger partial charge >= 0.3 is 11.9 Å². The number of nitrogens with one attached hydrogen (secondary N) is 1. The van der Waals surface area contributed by atoms with Crippen molar-refractivity contribution in [3.05, 3.63) is 23.8 Å². The van der Waals surface area contributed by atoms with Crippen molar-refractivity contribution in [3.63, 3.8) is 0 Å². The van der Waals surface area contributed by atoms with Crippen LogP contribution in [0.2, 0.25) is 0 Å². The maximum Gasteiger partial charge on any atom is 0.337 e. The van der Waals surface area contributed by atoms with E-state index >= 15 is 0 Å². The fourth-order valence-electron chi connectivity index (χ4n) is 1.48. The third kappa shape index (κ3) is 3.92. The highest BCUT2D eigenvalue weighted by molar-refractivity contribution is 7.89. The number of hydrogen-bond donors (Lipinski definition) is 2. The van der Waals surface area contributed by atoms with Gasteiger partial charge in [-0.2, -0.15) is 4.72 Å². The molecule has 0 saturated heterocycles. The lowest BCUT2D eigenvalue weighted by atomic mass is 10.2. The summed E-state index contributed by atoms with van der Waals surface area (Å²) >= 11 is 0. The first-order valence-electron chi connectivity index (χ1n) is 5.74. The Morgan fingerprint density at radius 3 is 2.38 bits per heavy atom. The Labute approximate surface area is 121 Å². The highest BCUT2D eigenvalue weighted by atomic mass is 32.2. The van der Waals surface area contributed by atoms with Gasteiger partial charge < -0.3 is 14.6 Å². The molecule has 0 fully saturated rings. The van der Waals surface area contributed by atoms with Gasteiger partial charge in [0, 0.05) is 0 Å². The summed E-state index contributed by atoms with van der Waals surface area (Å²) < 4.78 is 35.7. The smallest absolute Gasteiger partial charge is 0.337 e. The summed E-state index contributed by atoms with van der Waals surface area (Å²) in [5.41, 5.74) is 0.111. The van der Waals surface area contributed by atoms with Gasteiger partial charge in [0.15, 0.2) is 0 Å². The first kappa shape index (κ1) is 16.9. The van der Waals surface area contributed by atoms with Crippen LogP contribution in [0.5, 0.6) is 5.75 Å². The zero-order valence-corrected chi connectivity index (χ0v) is 12.4. The Balaban J connectivity index is 3.24. The van der Waals surface area contributed by atoms with Gasteiger partial charge in [-0.1, -0.05) is 0 Å². The molecule has 1 atom stereocenters. The van der Waals surface area contributed by atoms with Crippen molar-refractivity contribution in [2.75, 3.05) is 14.2 Å². The monoisotopic (exact) mass is 317 g/mol. The molecule has 0 aliphatic carbocycles. The Kier molecular flexibility index (Phi) is 5.28. The summed E-state index contributed by atoms with van der Waals surface area (Å²) in [4.78, 5) is 21.8. The number of benzene rings is 1. The summed E-state index contributed by atoms with van der Waals surface area (Å²) in [7, 11) is -1.68. The van der Waals surface area contributed by atoms with Crippen LogP contribution in [0.25, 0.3) is 0 Å². The molecule has 1 aromatic carbocycles. The number of hydrogen-bond acceptors (Lipinski definition) is 6. The van der Waals surface area contributed by atoms with Crippen molar-refractivity contribution >= 4 is 22.0 Å². The molecule has 0 bridgehead atoms. The lowest BCUT2D eigenvalue weighted by molar-refractivity contribution is -0.138. The van der Waals surface area contributed by atoms with Gasteiger partial charge in [-0.15, -0.1) is 0 Å². The average molecular weight is 317 g/mol. The maximum atomic E-state index is 12.1. The van der Waals surface area contributed by atoms with Crippen molar-refractivity contribution in [2.45, 2.75) is 17.9 Å². The van der Waals surface area contributed by atoms with Gasteiger partial charge in [-0.25, -0.2) is 13.2 Å². The van der Waals surface area contributed by atoms with Gasteiger partial charge in [0.25, 0.3) is 0 Å². The first-order chi connectivity index (χ1) is 9.72. The highest BCUT2D eigenvalue weighted by Crippen LogP contribution is 2.25. The minimum Gasteiger partial charge on any atom is -0.495 e. The van der Waals surface area contributed by atoms with Gasteiger partial charge in [0.1, 0.15) is 16.7 Å². The molecule has 0 saturated carbocycles. The first-order valence-corrected chi connectivity index (χ1v) is 7.22. The topological polar surface area (TPSA) is 119 Å². The summed E-state index contributed by atoms with van der Waals surface area (Å²) in [5, 5.41) is 8.75. The molecule has 2 N–H and O–H groups in total. The fraction of sp³-hybridized carbons (Fsp3) is 0.333. The number of carboxylic acid groups (broad SMARTS) is 1. The van der Waals surface area contributed by atoms with E-state index in [0.717, 1.165) is 6.07 Å². The normalized spacial score (nSPS) is 12.5. The van der Waals surface area contributed by atoms with E-state index in [9.17, 15) is 18.0 Å². The lowest BCUT2D eigenvalue weighted by Crippen LogP contribution is -2.38. The molecule has 0 amide bonds. The van der Waals surface area contributed by atoms with Crippen LogP contribution in [-0.4, -0.2) is 45.7 Å². The van der Waals surface area contributed by atoms with Crippen molar-refractivity contribution in [1.82, 2.24) is 4.72 Å². The number of carbonyl (C=O) groups excluding carboxylic acids is 1. The van der Waals surface area contributed by atoms with Crippen LogP contribution >= 0.6 is 0 Å². The van der Waals surface area contributed by atoms with Gasteiger partial charge in [-0.3, -0.25) is 4.79 Å². The Morgan fingerprint density at radius 2 is 1.90 bits per heavy atom. The number of carbonyl (C=O) groups is 2. The van der Waals surface area contributed by atoms with Crippen molar-refractivity contribution in [3.8, 4) is 5.75 Å². The standard InChI is InChI=1S/C12H15NO7S/c1-7(11(14)15)13-21(17,18)10-5-4-8(12(16)20-3)6-9(10)19-2/h4-7,13H,1-3H3,(H,14,15). The van der Waals surface area contributed by atoms with Crippen LogP contribution in [-0.2, 0) is 19.6 Å². The van der Waals surface area contributed by atoms with E-state index in [1.54, 1.807) is 0 Å². The zero-order valence-electron chi connectivity index (χ0n) is 11.6. The fourth-order valence-corrected chi connectivity index (χ4v) is 2.83. The van der Waals surface area contributed by atoms with Crippen molar-refractivity contribution in [1.29, 1.82) is 0 Å². The maximum absolute atomic E-state index is 12.1. The number of rotatable bonds is 6. The second-order valence-corrected chi connectivity index (χ2v) is 5.72. The Bertz CT molecular complexity index is 654. The molecule has 9 heteroatoms. The molecule has 21 heavy (non-hydrogen) atoms. The third-order valence-corrected chi connectivity index (χ3v) is 4.16. The SMILES string of the molecule is COC(=O)c1ccc(S(=O)(=O)NC(C)C(=O)O)c(OC)c1. The molecular formula is C12H15NO7S. The molecule has 0 aliphatic rings. The predicted molar refractivity (Wildman–Crippen MR) is 71.8 cm³/mol. The van der Waals surface area contributed by atoms with Gasteiger partial charge in [0.05, 0.1) is 19.8 Å². The summed E-state index contributed by atoms with van der Waals surface area (Å²) in [5.74, 6) is -2.06. The van der Waals surface area contributed by atoms with Crippen molar-refractivity contribution in [2.24, 2.45) is 0 Å². The molecular weight excluding hydrogens is 302 g/mol. The number of aliphatic carboxylic acids is 1. The molecule has 0 spiro atoms. The van der Waals surface area contributed by atoms with Crippen LogP contribution in [0.4, 0.5) is 0 Å². The largest absolute Gasteiger partial charge is 0.495 e. The van der Waals surface area contributed by atoms with Crippen molar-refractivity contribution < 1.29 is 32.6 Å². The highest BCUT2D eigenvalue weighted by Gasteiger charge is 2.25. The van der Waals surface area contributed by atoms with Crippen LogP contribution in [0.3, 0.4) is 0 Å². The Hall–Kier alpha value is -2.13. The van der Waals surface area contributed by atoms with Crippen LogP contribution < -0.4 is 9.46 Å². The molecule has 0 aliphatic heterocycles. The number of sulfonamides is 1. The van der Waals surface area contributed by atoms with E-state index in [0.29, 0.717) is 0 Å². The van der Waals surface area contributed by atoms with Crippen LogP contribution in [0.1, 0.15) is 17.3 Å². The summed E-state index contributed by atoms with van der Waals surface area (Å²) in [6.07, 6.45) is 0. The van der Waals surface area contributed by atoms with E-state index in [1.165, 1.54) is 33.3 Å². The summed E-state index contributed by atoms with van der Waals surface area (Å²) in [6, 6.07) is 2.28. The predicted octanol–water partition coefficient (Wildman–Crippen LogP) is 0.233. The second-order valence-electron chi connectivity index (χ2n) is 4.04. The number of methoxy groups -OCH3 is 2. The van der Waals surface area contributed by atoms with E-state index in [4.69, 9.17) is 9.84 Å². The lowest BCUT2D eigenvalue weighted by Gasteiger charge is -2.13. The molecule has 0 aromatic heterocycles. The van der Waals surface area contributed by atoms with E-state index in [-0.39, 0.29) is 16.2 Å². The van der Waals surface area contributed by atoms with E-state index < -0.39 is 28.0 Å². The quantitative estimate of drug-likeness (QED) is 0.721. The minimum absolute atomic E-state index is 0.0945. The number of esters is 1. The third-order valence-electron chi connectivity index (χ3n) is 2.58. The number of ether oxygens (including phenoxy) is 2. The molecule has 1 aromatic rings. The van der Waals surface area contributed by atoms with E-state index in [1.807, 2.05) is 4.72 Å². The molecule has 1 unspecified atom stereocenters.